The topological polar surface area (TPSA) is 89.9 Å². The molecule has 112 valence electrons. The van der Waals surface area contributed by atoms with E-state index in [-0.39, 0.29) is 5.57 Å². The van der Waals surface area contributed by atoms with Crippen molar-refractivity contribution >= 4 is 17.9 Å². The number of hydrogen-bond donors (Lipinski definition) is 1. The van der Waals surface area contributed by atoms with E-state index in [9.17, 15) is 14.4 Å². The highest BCUT2D eigenvalue weighted by molar-refractivity contribution is 5.84. The molecule has 0 heterocycles. The summed E-state index contributed by atoms with van der Waals surface area (Å²) in [6.07, 6.45) is 2.38. The smallest absolute Gasteiger partial charge is 0.333 e. The SMILES string of the molecule is C=C(C)C(=O)O.C=CC(=O)OC(CCC)OC(=O)C=C. The number of hydrogen-bond acceptors (Lipinski definition) is 5. The first kappa shape index (κ1) is 20.0. The Bertz CT molecular complexity index is 349. The standard InChI is InChI=1S/C10H14O4.C4H6O2/c1-4-7-10(13-8(11)5-2)14-9(12)6-3;1-3(2)4(5)6/h5-6,10H,2-4,7H2,1H3;1H2,2H3,(H,5,6). The quantitative estimate of drug-likeness (QED) is 0.438. The molecular formula is C14H20O6. The molecule has 0 aromatic carbocycles. The average molecular weight is 284 g/mol. The summed E-state index contributed by atoms with van der Waals surface area (Å²) < 4.78 is 9.53. The Balaban J connectivity index is 0. The van der Waals surface area contributed by atoms with Crippen molar-refractivity contribution in [3.63, 3.8) is 0 Å². The molecule has 0 aromatic heterocycles. The average Bonchev–Trinajstić information content (AvgIpc) is 2.39. The van der Waals surface area contributed by atoms with Crippen LogP contribution < -0.4 is 0 Å². The third kappa shape index (κ3) is 12.1. The molecule has 6 nitrogen and oxygen atoms in total. The first-order valence-electron chi connectivity index (χ1n) is 5.83. The lowest BCUT2D eigenvalue weighted by Crippen LogP contribution is -2.22. The summed E-state index contributed by atoms with van der Waals surface area (Å²) in [7, 11) is 0. The Morgan fingerprint density at radius 3 is 1.70 bits per heavy atom. The van der Waals surface area contributed by atoms with Crippen LogP contribution in [0.3, 0.4) is 0 Å². The van der Waals surface area contributed by atoms with Gasteiger partial charge in [0.25, 0.3) is 0 Å². The highest BCUT2D eigenvalue weighted by Crippen LogP contribution is 2.05. The number of carboxylic acids is 1. The molecule has 0 unspecified atom stereocenters. The summed E-state index contributed by atoms with van der Waals surface area (Å²) in [5.74, 6) is -2.16. The summed E-state index contributed by atoms with van der Waals surface area (Å²) in [5.41, 5.74) is 0.176. The lowest BCUT2D eigenvalue weighted by atomic mass is 10.3. The molecular weight excluding hydrogens is 264 g/mol. The van der Waals surface area contributed by atoms with E-state index in [0.29, 0.717) is 6.42 Å². The molecule has 1 N–H and O–H groups in total. The van der Waals surface area contributed by atoms with E-state index in [1.165, 1.54) is 6.92 Å². The first-order chi connectivity index (χ1) is 9.28. The van der Waals surface area contributed by atoms with Crippen molar-refractivity contribution in [1.29, 1.82) is 0 Å². The number of carboxylic acid groups (broad SMARTS) is 1. The predicted octanol–water partition coefficient (Wildman–Crippen LogP) is 2.22. The van der Waals surface area contributed by atoms with Crippen molar-refractivity contribution in [2.75, 3.05) is 0 Å². The van der Waals surface area contributed by atoms with Crippen molar-refractivity contribution in [2.24, 2.45) is 0 Å². The number of ether oxygens (including phenoxy) is 2. The Kier molecular flexibility index (Phi) is 11.7. The van der Waals surface area contributed by atoms with Gasteiger partial charge in [-0.2, -0.15) is 0 Å². The lowest BCUT2D eigenvalue weighted by molar-refractivity contribution is -0.181. The van der Waals surface area contributed by atoms with Gasteiger partial charge in [0.15, 0.2) is 0 Å². The molecule has 0 rings (SSSR count). The van der Waals surface area contributed by atoms with Gasteiger partial charge >= 0.3 is 17.9 Å². The largest absolute Gasteiger partial charge is 0.478 e. The molecule has 0 saturated carbocycles. The van der Waals surface area contributed by atoms with E-state index >= 15 is 0 Å². The summed E-state index contributed by atoms with van der Waals surface area (Å²) in [6.45, 7) is 13.0. The van der Waals surface area contributed by atoms with Crippen LogP contribution in [0.15, 0.2) is 37.5 Å². The van der Waals surface area contributed by atoms with E-state index < -0.39 is 24.2 Å². The summed E-state index contributed by atoms with van der Waals surface area (Å²) >= 11 is 0. The fraction of sp³-hybridized carbons (Fsp3) is 0.357. The Morgan fingerprint density at radius 2 is 1.50 bits per heavy atom. The number of aliphatic carboxylic acids is 1. The van der Waals surface area contributed by atoms with E-state index in [2.05, 4.69) is 19.7 Å². The lowest BCUT2D eigenvalue weighted by Gasteiger charge is -2.15. The molecule has 0 saturated heterocycles. The van der Waals surface area contributed by atoms with Crippen LogP contribution in [0.4, 0.5) is 0 Å². The highest BCUT2D eigenvalue weighted by atomic mass is 16.7. The molecule has 0 fully saturated rings. The molecule has 0 aliphatic carbocycles. The molecule has 6 heteroatoms. The maximum Gasteiger partial charge on any atom is 0.333 e. The Morgan fingerprint density at radius 1 is 1.15 bits per heavy atom. The monoisotopic (exact) mass is 284 g/mol. The van der Waals surface area contributed by atoms with E-state index in [4.69, 9.17) is 14.6 Å². The van der Waals surface area contributed by atoms with Crippen LogP contribution in [0.2, 0.25) is 0 Å². The molecule has 0 aromatic rings. The van der Waals surface area contributed by atoms with Gasteiger partial charge < -0.3 is 14.6 Å². The third-order valence-electron chi connectivity index (χ3n) is 1.72. The van der Waals surface area contributed by atoms with Crippen LogP contribution in [0, 0.1) is 0 Å². The Labute approximate surface area is 118 Å². The van der Waals surface area contributed by atoms with Gasteiger partial charge in [-0.15, -0.1) is 0 Å². The van der Waals surface area contributed by atoms with Crippen molar-refractivity contribution in [3.8, 4) is 0 Å². The van der Waals surface area contributed by atoms with Gasteiger partial charge in [-0.1, -0.05) is 26.7 Å². The van der Waals surface area contributed by atoms with Crippen LogP contribution in [0.5, 0.6) is 0 Å². The summed E-state index contributed by atoms with van der Waals surface area (Å²) in [4.78, 5) is 31.2. The molecule has 0 atom stereocenters. The van der Waals surface area contributed by atoms with Crippen molar-refractivity contribution in [3.05, 3.63) is 37.5 Å². The van der Waals surface area contributed by atoms with E-state index in [1.807, 2.05) is 6.92 Å². The normalized spacial score (nSPS) is 8.75. The van der Waals surface area contributed by atoms with Crippen LogP contribution in [-0.4, -0.2) is 29.3 Å². The Hall–Kier alpha value is -2.37. The van der Waals surface area contributed by atoms with Crippen molar-refractivity contribution < 1.29 is 29.0 Å². The summed E-state index contributed by atoms with van der Waals surface area (Å²) in [5, 5.41) is 7.89. The van der Waals surface area contributed by atoms with Crippen LogP contribution >= 0.6 is 0 Å². The number of esters is 2. The van der Waals surface area contributed by atoms with Gasteiger partial charge in [-0.25, -0.2) is 14.4 Å². The second kappa shape index (κ2) is 11.7. The minimum absolute atomic E-state index is 0.176. The highest BCUT2D eigenvalue weighted by Gasteiger charge is 2.14. The van der Waals surface area contributed by atoms with Crippen LogP contribution in [0.25, 0.3) is 0 Å². The molecule has 0 aliphatic heterocycles. The maximum atomic E-state index is 10.8. The maximum absolute atomic E-state index is 10.8. The van der Waals surface area contributed by atoms with Crippen LogP contribution in [0.1, 0.15) is 26.7 Å². The number of carbonyl (C=O) groups is 3. The number of rotatable bonds is 7. The molecule has 0 bridgehead atoms. The predicted molar refractivity (Wildman–Crippen MR) is 73.7 cm³/mol. The molecule has 0 radical (unpaired) electrons. The second-order valence-corrected chi connectivity index (χ2v) is 3.59. The van der Waals surface area contributed by atoms with Gasteiger partial charge in [0.2, 0.25) is 6.29 Å². The van der Waals surface area contributed by atoms with Crippen molar-refractivity contribution in [1.82, 2.24) is 0 Å². The molecule has 20 heavy (non-hydrogen) atoms. The summed E-state index contributed by atoms with van der Waals surface area (Å²) in [6, 6.07) is 0. The number of carbonyl (C=O) groups excluding carboxylic acids is 2. The van der Waals surface area contributed by atoms with Crippen LogP contribution in [-0.2, 0) is 23.9 Å². The first-order valence-corrected chi connectivity index (χ1v) is 5.83. The van der Waals surface area contributed by atoms with Gasteiger partial charge in [0, 0.05) is 24.1 Å². The van der Waals surface area contributed by atoms with Gasteiger partial charge in [0.1, 0.15) is 0 Å². The van der Waals surface area contributed by atoms with Crippen molar-refractivity contribution in [2.45, 2.75) is 33.0 Å². The molecule has 0 amide bonds. The zero-order valence-electron chi connectivity index (χ0n) is 11.8. The third-order valence-corrected chi connectivity index (χ3v) is 1.72. The van der Waals surface area contributed by atoms with Gasteiger partial charge in [-0.3, -0.25) is 0 Å². The van der Waals surface area contributed by atoms with Gasteiger partial charge in [-0.05, 0) is 13.3 Å². The van der Waals surface area contributed by atoms with E-state index in [0.717, 1.165) is 18.6 Å². The zero-order chi connectivity index (χ0) is 16.1. The molecule has 0 aliphatic rings. The minimum Gasteiger partial charge on any atom is -0.478 e. The van der Waals surface area contributed by atoms with Gasteiger partial charge in [0.05, 0.1) is 0 Å². The van der Waals surface area contributed by atoms with E-state index in [1.54, 1.807) is 0 Å². The minimum atomic E-state index is -0.935. The fourth-order valence-corrected chi connectivity index (χ4v) is 0.733. The molecule has 0 spiro atoms. The fourth-order valence-electron chi connectivity index (χ4n) is 0.733. The second-order valence-electron chi connectivity index (χ2n) is 3.59. The zero-order valence-corrected chi connectivity index (χ0v) is 11.8.